The Labute approximate surface area is 114 Å². The Morgan fingerprint density at radius 3 is 2.89 bits per heavy atom. The van der Waals surface area contributed by atoms with E-state index < -0.39 is 0 Å². The first kappa shape index (κ1) is 13.7. The molecule has 1 aliphatic rings. The van der Waals surface area contributed by atoms with Crippen LogP contribution >= 0.6 is 0 Å². The highest BCUT2D eigenvalue weighted by atomic mass is 16.5. The Kier molecular flexibility index (Phi) is 4.66. The van der Waals surface area contributed by atoms with Crippen molar-refractivity contribution in [1.82, 2.24) is 0 Å². The molecule has 104 valence electrons. The number of fused-ring (bicyclic) bond motifs is 1. The number of amides is 1. The molecule has 1 heterocycles. The quantitative estimate of drug-likeness (QED) is 0.855. The van der Waals surface area contributed by atoms with Gasteiger partial charge in [0.15, 0.2) is 0 Å². The Morgan fingerprint density at radius 1 is 1.32 bits per heavy atom. The standard InChI is InChI=1S/C15H22N2O2/c1-3-6-11-10-14(18)17-15-12(16-11)7-5-8-13(15)19-9-4-2/h5,7-8,11,16H,3-4,6,9-10H2,1-2H3,(H,17,18). The summed E-state index contributed by atoms with van der Waals surface area (Å²) >= 11 is 0. The SMILES string of the molecule is CCCOc1cccc2c1NC(=O)CC(CCC)N2. The summed E-state index contributed by atoms with van der Waals surface area (Å²) in [5, 5.41) is 6.41. The Balaban J connectivity index is 2.25. The lowest BCUT2D eigenvalue weighted by Gasteiger charge is -2.17. The second-order valence-corrected chi connectivity index (χ2v) is 4.91. The number of benzene rings is 1. The van der Waals surface area contributed by atoms with Crippen LogP contribution in [0, 0.1) is 0 Å². The maximum Gasteiger partial charge on any atom is 0.226 e. The fourth-order valence-corrected chi connectivity index (χ4v) is 2.32. The summed E-state index contributed by atoms with van der Waals surface area (Å²) in [6.07, 6.45) is 3.51. The molecule has 0 saturated carbocycles. The second kappa shape index (κ2) is 6.45. The summed E-state index contributed by atoms with van der Waals surface area (Å²) in [6.45, 7) is 4.85. The first-order valence-electron chi connectivity index (χ1n) is 7.06. The summed E-state index contributed by atoms with van der Waals surface area (Å²) < 4.78 is 5.70. The molecular weight excluding hydrogens is 240 g/mol. The van der Waals surface area contributed by atoms with Crippen LogP contribution in [0.2, 0.25) is 0 Å². The Bertz CT molecular complexity index is 446. The molecule has 0 bridgehead atoms. The highest BCUT2D eigenvalue weighted by Gasteiger charge is 2.22. The highest BCUT2D eigenvalue weighted by Crippen LogP contribution is 2.35. The predicted molar refractivity (Wildman–Crippen MR) is 77.8 cm³/mol. The minimum Gasteiger partial charge on any atom is -0.491 e. The molecular formula is C15H22N2O2. The summed E-state index contributed by atoms with van der Waals surface area (Å²) in [4.78, 5) is 12.0. The van der Waals surface area contributed by atoms with Crippen molar-refractivity contribution < 1.29 is 9.53 Å². The molecule has 4 nitrogen and oxygen atoms in total. The van der Waals surface area contributed by atoms with E-state index in [2.05, 4.69) is 24.5 Å². The number of carbonyl (C=O) groups is 1. The fourth-order valence-electron chi connectivity index (χ4n) is 2.32. The van der Waals surface area contributed by atoms with Gasteiger partial charge in [-0.3, -0.25) is 4.79 Å². The second-order valence-electron chi connectivity index (χ2n) is 4.91. The van der Waals surface area contributed by atoms with Crippen LogP contribution in [-0.4, -0.2) is 18.6 Å². The number of rotatable bonds is 5. The van der Waals surface area contributed by atoms with Crippen LogP contribution in [0.4, 0.5) is 11.4 Å². The average molecular weight is 262 g/mol. The van der Waals surface area contributed by atoms with Gasteiger partial charge in [0, 0.05) is 12.5 Å². The molecule has 4 heteroatoms. The molecule has 0 radical (unpaired) electrons. The molecule has 0 spiro atoms. The van der Waals surface area contributed by atoms with Crippen LogP contribution in [0.25, 0.3) is 0 Å². The Hall–Kier alpha value is -1.71. The van der Waals surface area contributed by atoms with Crippen LogP contribution in [0.5, 0.6) is 5.75 Å². The van der Waals surface area contributed by atoms with Crippen LogP contribution in [0.1, 0.15) is 39.5 Å². The van der Waals surface area contributed by atoms with Crippen molar-refractivity contribution in [3.63, 3.8) is 0 Å². The monoisotopic (exact) mass is 262 g/mol. The molecule has 19 heavy (non-hydrogen) atoms. The molecule has 1 atom stereocenters. The van der Waals surface area contributed by atoms with E-state index in [1.165, 1.54) is 0 Å². The van der Waals surface area contributed by atoms with Gasteiger partial charge in [-0.25, -0.2) is 0 Å². The number of ether oxygens (including phenoxy) is 1. The van der Waals surface area contributed by atoms with Gasteiger partial charge in [-0.15, -0.1) is 0 Å². The predicted octanol–water partition coefficient (Wildman–Crippen LogP) is 3.40. The third kappa shape index (κ3) is 3.40. The van der Waals surface area contributed by atoms with Crippen LogP contribution in [0.15, 0.2) is 18.2 Å². The van der Waals surface area contributed by atoms with Gasteiger partial charge in [0.1, 0.15) is 11.4 Å². The number of anilines is 2. The minimum absolute atomic E-state index is 0.0530. The molecule has 2 rings (SSSR count). The summed E-state index contributed by atoms with van der Waals surface area (Å²) in [6, 6.07) is 6.05. The van der Waals surface area contributed by atoms with Crippen molar-refractivity contribution in [3.05, 3.63) is 18.2 Å². The lowest BCUT2D eigenvalue weighted by molar-refractivity contribution is -0.116. The van der Waals surface area contributed by atoms with Gasteiger partial charge in [0.05, 0.1) is 12.3 Å². The van der Waals surface area contributed by atoms with E-state index in [-0.39, 0.29) is 11.9 Å². The largest absolute Gasteiger partial charge is 0.491 e. The first-order chi connectivity index (χ1) is 9.24. The van der Waals surface area contributed by atoms with Crippen LogP contribution < -0.4 is 15.4 Å². The number of hydrogen-bond donors (Lipinski definition) is 2. The normalized spacial score (nSPS) is 18.0. The molecule has 0 saturated heterocycles. The number of nitrogens with one attached hydrogen (secondary N) is 2. The van der Waals surface area contributed by atoms with Crippen molar-refractivity contribution in [2.24, 2.45) is 0 Å². The van der Waals surface area contributed by atoms with Gasteiger partial charge in [-0.1, -0.05) is 26.3 Å². The van der Waals surface area contributed by atoms with E-state index >= 15 is 0 Å². The van der Waals surface area contributed by atoms with E-state index in [4.69, 9.17) is 4.74 Å². The summed E-state index contributed by atoms with van der Waals surface area (Å²) in [5.41, 5.74) is 1.73. The van der Waals surface area contributed by atoms with Crippen molar-refractivity contribution >= 4 is 17.3 Å². The molecule has 1 unspecified atom stereocenters. The highest BCUT2D eigenvalue weighted by molar-refractivity contribution is 5.98. The minimum atomic E-state index is 0.0530. The third-order valence-electron chi connectivity index (χ3n) is 3.18. The lowest BCUT2D eigenvalue weighted by Crippen LogP contribution is -2.22. The van der Waals surface area contributed by atoms with Crippen molar-refractivity contribution in [3.8, 4) is 5.75 Å². The van der Waals surface area contributed by atoms with Gasteiger partial charge < -0.3 is 15.4 Å². The summed E-state index contributed by atoms with van der Waals surface area (Å²) in [7, 11) is 0. The molecule has 1 aromatic rings. The molecule has 1 aliphatic heterocycles. The number of carbonyl (C=O) groups excluding carboxylic acids is 1. The van der Waals surface area contributed by atoms with Crippen LogP contribution in [-0.2, 0) is 4.79 Å². The summed E-state index contributed by atoms with van der Waals surface area (Å²) in [5.74, 6) is 0.801. The zero-order valence-corrected chi connectivity index (χ0v) is 11.7. The molecule has 0 aliphatic carbocycles. The van der Waals surface area contributed by atoms with Gasteiger partial charge in [0.25, 0.3) is 0 Å². The smallest absolute Gasteiger partial charge is 0.226 e. The van der Waals surface area contributed by atoms with E-state index in [9.17, 15) is 4.79 Å². The topological polar surface area (TPSA) is 50.4 Å². The zero-order valence-electron chi connectivity index (χ0n) is 11.7. The number of para-hydroxylation sites is 1. The van der Waals surface area contributed by atoms with Gasteiger partial charge >= 0.3 is 0 Å². The molecule has 0 fully saturated rings. The molecule has 0 aromatic heterocycles. The van der Waals surface area contributed by atoms with E-state index in [0.717, 1.165) is 36.4 Å². The number of hydrogen-bond acceptors (Lipinski definition) is 3. The van der Waals surface area contributed by atoms with Gasteiger partial charge in [-0.2, -0.15) is 0 Å². The average Bonchev–Trinajstić information content (AvgIpc) is 2.54. The van der Waals surface area contributed by atoms with Crippen LogP contribution in [0.3, 0.4) is 0 Å². The van der Waals surface area contributed by atoms with Crippen molar-refractivity contribution in [1.29, 1.82) is 0 Å². The van der Waals surface area contributed by atoms with E-state index in [1.807, 2.05) is 18.2 Å². The first-order valence-corrected chi connectivity index (χ1v) is 7.06. The van der Waals surface area contributed by atoms with Gasteiger partial charge in [-0.05, 0) is 25.0 Å². The van der Waals surface area contributed by atoms with Gasteiger partial charge in [0.2, 0.25) is 5.91 Å². The molecule has 1 aromatic carbocycles. The zero-order chi connectivity index (χ0) is 13.7. The van der Waals surface area contributed by atoms with Crippen molar-refractivity contribution in [2.75, 3.05) is 17.2 Å². The van der Waals surface area contributed by atoms with Crippen molar-refractivity contribution in [2.45, 2.75) is 45.6 Å². The maximum absolute atomic E-state index is 12.0. The van der Waals surface area contributed by atoms with E-state index in [1.54, 1.807) is 0 Å². The third-order valence-corrected chi connectivity index (χ3v) is 3.18. The lowest BCUT2D eigenvalue weighted by atomic mass is 10.1. The molecule has 2 N–H and O–H groups in total. The maximum atomic E-state index is 12.0. The molecule has 1 amide bonds. The Morgan fingerprint density at radius 2 is 2.16 bits per heavy atom. The fraction of sp³-hybridized carbons (Fsp3) is 0.533. The van der Waals surface area contributed by atoms with E-state index in [0.29, 0.717) is 13.0 Å².